The first-order valence-electron chi connectivity index (χ1n) is 9.32. The molecule has 150 valence electrons. The summed E-state index contributed by atoms with van der Waals surface area (Å²) in [6.45, 7) is 1.74. The second-order valence-electron chi connectivity index (χ2n) is 6.58. The number of nitrogens with zero attached hydrogens (tertiary/aromatic N) is 4. The van der Waals surface area contributed by atoms with Gasteiger partial charge in [-0.3, -0.25) is 4.79 Å². The first-order valence-corrected chi connectivity index (χ1v) is 10.9. The van der Waals surface area contributed by atoms with Crippen LogP contribution in [0.2, 0.25) is 5.15 Å². The summed E-state index contributed by atoms with van der Waals surface area (Å²) >= 11 is 7.99. The summed E-state index contributed by atoms with van der Waals surface area (Å²) in [5, 5.41) is 11.6. The van der Waals surface area contributed by atoms with Gasteiger partial charge in [0.15, 0.2) is 0 Å². The average molecular weight is 430 g/mol. The van der Waals surface area contributed by atoms with Gasteiger partial charge in [-0.2, -0.15) is 11.8 Å². The van der Waals surface area contributed by atoms with Crippen molar-refractivity contribution in [3.63, 3.8) is 0 Å². The minimum atomic E-state index is -0.485. The third-order valence-corrected chi connectivity index (χ3v) is 5.85. The van der Waals surface area contributed by atoms with E-state index in [4.69, 9.17) is 16.0 Å². The zero-order valence-electron chi connectivity index (χ0n) is 15.6. The molecule has 2 aromatic heterocycles. The SMILES string of the molecule is O=C(N[C@@H](Cc1ccccc1)c1nnc(N2CCSCC2)o1)c1cccnc1Cl. The smallest absolute Gasteiger partial charge is 0.318 e. The number of benzene rings is 1. The molecule has 1 aliphatic rings. The molecule has 7 nitrogen and oxygen atoms in total. The van der Waals surface area contributed by atoms with Crippen molar-refractivity contribution in [2.75, 3.05) is 29.5 Å². The van der Waals surface area contributed by atoms with Crippen LogP contribution >= 0.6 is 23.4 Å². The molecule has 0 aliphatic carbocycles. The Kier molecular flexibility index (Phi) is 6.31. The number of nitrogens with one attached hydrogen (secondary N) is 1. The van der Waals surface area contributed by atoms with Crippen molar-refractivity contribution < 1.29 is 9.21 Å². The third-order valence-electron chi connectivity index (χ3n) is 4.60. The van der Waals surface area contributed by atoms with Crippen molar-refractivity contribution >= 4 is 35.3 Å². The van der Waals surface area contributed by atoms with Crippen LogP contribution in [0.25, 0.3) is 0 Å². The number of anilines is 1. The molecule has 3 aromatic rings. The maximum atomic E-state index is 12.8. The van der Waals surface area contributed by atoms with E-state index >= 15 is 0 Å². The average Bonchev–Trinajstić information content (AvgIpc) is 3.25. The Hall–Kier alpha value is -2.58. The van der Waals surface area contributed by atoms with Gasteiger partial charge < -0.3 is 14.6 Å². The summed E-state index contributed by atoms with van der Waals surface area (Å²) in [6.07, 6.45) is 2.06. The van der Waals surface area contributed by atoms with Crippen molar-refractivity contribution in [2.45, 2.75) is 12.5 Å². The minimum absolute atomic E-state index is 0.153. The second-order valence-corrected chi connectivity index (χ2v) is 8.16. The number of halogens is 1. The maximum Gasteiger partial charge on any atom is 0.318 e. The number of rotatable bonds is 6. The van der Waals surface area contributed by atoms with Crippen LogP contribution in [0.5, 0.6) is 0 Å². The molecule has 1 aromatic carbocycles. The summed E-state index contributed by atoms with van der Waals surface area (Å²) in [7, 11) is 0. The molecular weight excluding hydrogens is 410 g/mol. The molecule has 9 heteroatoms. The van der Waals surface area contributed by atoms with Crippen LogP contribution in [0, 0.1) is 0 Å². The molecule has 1 N–H and O–H groups in total. The molecule has 0 unspecified atom stereocenters. The van der Waals surface area contributed by atoms with Gasteiger partial charge in [0.2, 0.25) is 5.89 Å². The van der Waals surface area contributed by atoms with E-state index in [-0.39, 0.29) is 11.1 Å². The van der Waals surface area contributed by atoms with E-state index in [0.717, 1.165) is 30.2 Å². The lowest BCUT2D eigenvalue weighted by molar-refractivity contribution is 0.0930. The van der Waals surface area contributed by atoms with Crippen LogP contribution in [-0.2, 0) is 6.42 Å². The number of pyridine rings is 1. The normalized spacial score (nSPS) is 15.1. The molecule has 3 heterocycles. The van der Waals surface area contributed by atoms with Crippen molar-refractivity contribution in [2.24, 2.45) is 0 Å². The fraction of sp³-hybridized carbons (Fsp3) is 0.300. The number of hydrogen-bond donors (Lipinski definition) is 1. The lowest BCUT2D eigenvalue weighted by Gasteiger charge is -2.24. The minimum Gasteiger partial charge on any atom is -0.406 e. The zero-order valence-corrected chi connectivity index (χ0v) is 17.2. The zero-order chi connectivity index (χ0) is 20.1. The highest BCUT2D eigenvalue weighted by atomic mass is 35.5. The number of amides is 1. The van der Waals surface area contributed by atoms with Crippen LogP contribution in [0.1, 0.15) is 27.9 Å². The van der Waals surface area contributed by atoms with Gasteiger partial charge in [0.05, 0.1) is 5.56 Å². The van der Waals surface area contributed by atoms with Gasteiger partial charge in [-0.15, -0.1) is 5.10 Å². The lowest BCUT2D eigenvalue weighted by atomic mass is 10.1. The highest BCUT2D eigenvalue weighted by Crippen LogP contribution is 2.24. The van der Waals surface area contributed by atoms with Gasteiger partial charge in [0, 0.05) is 37.2 Å². The van der Waals surface area contributed by atoms with Gasteiger partial charge in [-0.25, -0.2) is 4.98 Å². The Bertz CT molecular complexity index is 962. The monoisotopic (exact) mass is 429 g/mol. The van der Waals surface area contributed by atoms with E-state index in [0.29, 0.717) is 23.9 Å². The summed E-state index contributed by atoms with van der Waals surface area (Å²) in [5.41, 5.74) is 1.35. The van der Waals surface area contributed by atoms with Crippen LogP contribution in [0.15, 0.2) is 53.1 Å². The summed E-state index contributed by atoms with van der Waals surface area (Å²) in [4.78, 5) is 18.9. The summed E-state index contributed by atoms with van der Waals surface area (Å²) < 4.78 is 5.96. The van der Waals surface area contributed by atoms with E-state index < -0.39 is 6.04 Å². The quantitative estimate of drug-likeness (QED) is 0.601. The van der Waals surface area contributed by atoms with Gasteiger partial charge >= 0.3 is 6.01 Å². The predicted octanol–water partition coefficient (Wildman–Crippen LogP) is 3.39. The molecule has 0 radical (unpaired) electrons. The first kappa shape index (κ1) is 19.7. The van der Waals surface area contributed by atoms with E-state index in [1.165, 1.54) is 0 Å². The lowest BCUT2D eigenvalue weighted by Crippen LogP contribution is -2.32. The highest BCUT2D eigenvalue weighted by Gasteiger charge is 2.25. The number of thioether (sulfide) groups is 1. The van der Waals surface area contributed by atoms with E-state index in [1.54, 1.807) is 18.3 Å². The van der Waals surface area contributed by atoms with Crippen molar-refractivity contribution in [3.8, 4) is 0 Å². The molecule has 1 saturated heterocycles. The molecule has 1 fully saturated rings. The van der Waals surface area contributed by atoms with E-state index in [9.17, 15) is 4.79 Å². The molecule has 0 bridgehead atoms. The number of aromatic nitrogens is 3. The Balaban J connectivity index is 1.57. The fourth-order valence-corrected chi connectivity index (χ4v) is 4.20. The van der Waals surface area contributed by atoms with Crippen LogP contribution in [-0.4, -0.2) is 45.7 Å². The molecule has 4 rings (SSSR count). The molecular formula is C20H20ClN5O2S. The van der Waals surface area contributed by atoms with Gasteiger partial charge in [-0.1, -0.05) is 47.0 Å². The Morgan fingerprint density at radius 1 is 1.17 bits per heavy atom. The van der Waals surface area contributed by atoms with Gasteiger partial charge in [0.25, 0.3) is 5.91 Å². The third kappa shape index (κ3) is 4.89. The molecule has 1 atom stereocenters. The van der Waals surface area contributed by atoms with E-state index in [1.807, 2.05) is 42.1 Å². The van der Waals surface area contributed by atoms with Crippen LogP contribution < -0.4 is 10.2 Å². The molecule has 0 spiro atoms. The second kappa shape index (κ2) is 9.28. The fourth-order valence-electron chi connectivity index (χ4n) is 3.09. The number of hydrogen-bond acceptors (Lipinski definition) is 7. The molecule has 0 saturated carbocycles. The Morgan fingerprint density at radius 2 is 1.97 bits per heavy atom. The largest absolute Gasteiger partial charge is 0.406 e. The maximum absolute atomic E-state index is 12.8. The summed E-state index contributed by atoms with van der Waals surface area (Å²) in [5.74, 6) is 2.09. The van der Waals surface area contributed by atoms with Crippen molar-refractivity contribution in [1.82, 2.24) is 20.5 Å². The van der Waals surface area contributed by atoms with Crippen molar-refractivity contribution in [1.29, 1.82) is 0 Å². The first-order chi connectivity index (χ1) is 14.2. The molecule has 1 aliphatic heterocycles. The molecule has 1 amide bonds. The summed E-state index contributed by atoms with van der Waals surface area (Å²) in [6, 6.07) is 13.2. The standard InChI is InChI=1S/C20H20ClN5O2S/c21-17-15(7-4-8-22-17)18(27)23-16(13-14-5-2-1-3-6-14)19-24-25-20(28-19)26-9-11-29-12-10-26/h1-8,16H,9-13H2,(H,23,27)/t16-/m0/s1. The van der Waals surface area contributed by atoms with Crippen LogP contribution in [0.4, 0.5) is 6.01 Å². The van der Waals surface area contributed by atoms with Crippen LogP contribution in [0.3, 0.4) is 0 Å². The Labute approximate surface area is 177 Å². The predicted molar refractivity (Wildman–Crippen MR) is 113 cm³/mol. The molecule has 29 heavy (non-hydrogen) atoms. The highest BCUT2D eigenvalue weighted by molar-refractivity contribution is 7.99. The van der Waals surface area contributed by atoms with Gasteiger partial charge in [0.1, 0.15) is 11.2 Å². The Morgan fingerprint density at radius 3 is 2.72 bits per heavy atom. The topological polar surface area (TPSA) is 84.2 Å². The van der Waals surface area contributed by atoms with E-state index in [2.05, 4.69) is 25.4 Å². The van der Waals surface area contributed by atoms with Gasteiger partial charge in [-0.05, 0) is 17.7 Å². The number of carbonyl (C=O) groups excluding carboxylic acids is 1. The number of carbonyl (C=O) groups is 1. The van der Waals surface area contributed by atoms with Crippen molar-refractivity contribution in [3.05, 3.63) is 70.8 Å².